The van der Waals surface area contributed by atoms with Crippen LogP contribution in [0, 0.1) is 5.92 Å². The molecule has 0 aromatic heterocycles. The summed E-state index contributed by atoms with van der Waals surface area (Å²) in [5.41, 5.74) is 10.4. The third kappa shape index (κ3) is 2.92. The number of hydrazine groups is 2. The summed E-state index contributed by atoms with van der Waals surface area (Å²) in [5, 5.41) is 0. The van der Waals surface area contributed by atoms with Crippen LogP contribution in [0.4, 0.5) is 0 Å². The lowest BCUT2D eigenvalue weighted by Crippen LogP contribution is -2.52. The van der Waals surface area contributed by atoms with Crippen LogP contribution in [-0.2, 0) is 0 Å². The normalized spacial score (nSPS) is 14.6. The zero-order chi connectivity index (χ0) is 6.57. The van der Waals surface area contributed by atoms with Crippen LogP contribution in [0.5, 0.6) is 0 Å². The summed E-state index contributed by atoms with van der Waals surface area (Å²) in [6.07, 6.45) is -0.0694. The van der Waals surface area contributed by atoms with Crippen molar-refractivity contribution in [3.63, 3.8) is 0 Å². The zero-order valence-electron chi connectivity index (χ0n) is 5.31. The van der Waals surface area contributed by atoms with Crippen molar-refractivity contribution >= 4 is 0 Å². The second kappa shape index (κ2) is 3.80. The molecular weight excluding hydrogens is 104 g/mol. The molecule has 0 aromatic rings. The number of hydrogen-bond acceptors (Lipinski definition) is 4. The van der Waals surface area contributed by atoms with E-state index in [0.717, 1.165) is 0 Å². The molecule has 0 bridgehead atoms. The van der Waals surface area contributed by atoms with Crippen LogP contribution in [0.25, 0.3) is 0 Å². The molecule has 0 aromatic carbocycles. The van der Waals surface area contributed by atoms with Crippen molar-refractivity contribution in [1.29, 1.82) is 0 Å². The van der Waals surface area contributed by atoms with Crippen LogP contribution in [0.3, 0.4) is 0 Å². The molecule has 0 saturated carbocycles. The maximum Gasteiger partial charge on any atom is 0.0715 e. The largest absolute Gasteiger partial charge is 0.315 e. The Morgan fingerprint density at radius 2 is 1.88 bits per heavy atom. The summed E-state index contributed by atoms with van der Waals surface area (Å²) in [6, 6.07) is 0. The van der Waals surface area contributed by atoms with Crippen LogP contribution in [0.2, 0.25) is 0 Å². The maximum atomic E-state index is 5.47. The molecule has 0 spiro atoms. The highest BCUT2D eigenvalue weighted by Crippen LogP contribution is 1.91. The SMILES string of the molecule is CC(C)C(N)NNN. The van der Waals surface area contributed by atoms with E-state index in [0.29, 0.717) is 5.92 Å². The molecule has 0 heterocycles. The first-order valence-corrected chi connectivity index (χ1v) is 2.65. The molecule has 50 valence electrons. The van der Waals surface area contributed by atoms with E-state index in [2.05, 4.69) is 11.0 Å². The summed E-state index contributed by atoms with van der Waals surface area (Å²) in [5.74, 6) is 5.32. The number of rotatable bonds is 3. The van der Waals surface area contributed by atoms with Crippen molar-refractivity contribution in [3.05, 3.63) is 0 Å². The Labute approximate surface area is 49.6 Å². The average Bonchev–Trinajstić information content (AvgIpc) is 1.67. The molecular formula is C4H14N4. The van der Waals surface area contributed by atoms with Gasteiger partial charge in [0.15, 0.2) is 0 Å². The number of nitrogens with two attached hydrogens (primary N) is 2. The van der Waals surface area contributed by atoms with Crippen LogP contribution in [0.15, 0.2) is 0 Å². The minimum atomic E-state index is -0.0694. The molecule has 0 aliphatic heterocycles. The van der Waals surface area contributed by atoms with Crippen LogP contribution >= 0.6 is 0 Å². The average molecular weight is 118 g/mol. The summed E-state index contributed by atoms with van der Waals surface area (Å²) in [4.78, 5) is 0. The molecule has 0 saturated heterocycles. The molecule has 0 amide bonds. The van der Waals surface area contributed by atoms with Gasteiger partial charge in [-0.05, 0) is 5.92 Å². The third-order valence-electron chi connectivity index (χ3n) is 0.968. The van der Waals surface area contributed by atoms with E-state index in [1.807, 2.05) is 13.8 Å². The minimum Gasteiger partial charge on any atom is -0.315 e. The molecule has 1 atom stereocenters. The molecule has 4 heteroatoms. The third-order valence-corrected chi connectivity index (χ3v) is 0.968. The Hall–Kier alpha value is -0.160. The van der Waals surface area contributed by atoms with Crippen LogP contribution < -0.4 is 22.5 Å². The van der Waals surface area contributed by atoms with Gasteiger partial charge in [-0.2, -0.15) is 5.53 Å². The second-order valence-electron chi connectivity index (χ2n) is 2.06. The van der Waals surface area contributed by atoms with E-state index in [9.17, 15) is 0 Å². The Bertz CT molecular complexity index is 54.0. The lowest BCUT2D eigenvalue weighted by atomic mass is 10.2. The highest BCUT2D eigenvalue weighted by Gasteiger charge is 2.02. The molecule has 0 fully saturated rings. The van der Waals surface area contributed by atoms with E-state index >= 15 is 0 Å². The van der Waals surface area contributed by atoms with Crippen LogP contribution in [-0.4, -0.2) is 6.17 Å². The molecule has 0 aliphatic rings. The molecule has 0 aliphatic carbocycles. The fourth-order valence-corrected chi connectivity index (χ4v) is 0.263. The Kier molecular flexibility index (Phi) is 3.72. The topological polar surface area (TPSA) is 76.1 Å². The number of nitrogens with one attached hydrogen (secondary N) is 2. The Morgan fingerprint density at radius 1 is 1.38 bits per heavy atom. The van der Waals surface area contributed by atoms with Gasteiger partial charge in [-0.3, -0.25) is 5.84 Å². The van der Waals surface area contributed by atoms with Crippen molar-refractivity contribution in [2.45, 2.75) is 20.0 Å². The van der Waals surface area contributed by atoms with Gasteiger partial charge in [0.2, 0.25) is 0 Å². The van der Waals surface area contributed by atoms with Gasteiger partial charge in [0.05, 0.1) is 6.17 Å². The van der Waals surface area contributed by atoms with Gasteiger partial charge in [-0.25, -0.2) is 5.43 Å². The first kappa shape index (κ1) is 7.84. The van der Waals surface area contributed by atoms with E-state index in [4.69, 9.17) is 11.6 Å². The van der Waals surface area contributed by atoms with Crippen molar-refractivity contribution in [1.82, 2.24) is 11.0 Å². The zero-order valence-corrected chi connectivity index (χ0v) is 5.31. The second-order valence-corrected chi connectivity index (χ2v) is 2.06. The van der Waals surface area contributed by atoms with Crippen molar-refractivity contribution in [3.8, 4) is 0 Å². The lowest BCUT2D eigenvalue weighted by molar-refractivity contribution is 0.362. The van der Waals surface area contributed by atoms with Crippen LogP contribution in [0.1, 0.15) is 13.8 Å². The first-order valence-electron chi connectivity index (χ1n) is 2.65. The molecule has 0 radical (unpaired) electrons. The van der Waals surface area contributed by atoms with E-state index in [1.54, 1.807) is 0 Å². The van der Waals surface area contributed by atoms with E-state index < -0.39 is 0 Å². The summed E-state index contributed by atoms with van der Waals surface area (Å²) in [7, 11) is 0. The molecule has 4 nitrogen and oxygen atoms in total. The van der Waals surface area contributed by atoms with Gasteiger partial charge in [-0.15, -0.1) is 0 Å². The quantitative estimate of drug-likeness (QED) is 0.215. The summed E-state index contributed by atoms with van der Waals surface area (Å²) < 4.78 is 0. The Balaban J connectivity index is 3.17. The van der Waals surface area contributed by atoms with E-state index in [-0.39, 0.29) is 6.17 Å². The van der Waals surface area contributed by atoms with Gasteiger partial charge in [-0.1, -0.05) is 13.8 Å². The monoisotopic (exact) mass is 118 g/mol. The molecule has 0 rings (SSSR count). The predicted octanol–water partition coefficient (Wildman–Crippen LogP) is -1.10. The highest BCUT2D eigenvalue weighted by atomic mass is 15.5. The fourth-order valence-electron chi connectivity index (χ4n) is 0.263. The first-order chi connectivity index (χ1) is 3.68. The fraction of sp³-hybridized carbons (Fsp3) is 1.00. The lowest BCUT2D eigenvalue weighted by Gasteiger charge is -2.15. The maximum absolute atomic E-state index is 5.47. The van der Waals surface area contributed by atoms with Crippen molar-refractivity contribution in [2.75, 3.05) is 0 Å². The van der Waals surface area contributed by atoms with Gasteiger partial charge in [0.25, 0.3) is 0 Å². The predicted molar refractivity (Wildman–Crippen MR) is 33.3 cm³/mol. The van der Waals surface area contributed by atoms with Gasteiger partial charge < -0.3 is 5.73 Å². The minimum absolute atomic E-state index is 0.0694. The molecule has 1 unspecified atom stereocenters. The highest BCUT2D eigenvalue weighted by molar-refractivity contribution is 4.57. The van der Waals surface area contributed by atoms with Gasteiger partial charge >= 0.3 is 0 Å². The summed E-state index contributed by atoms with van der Waals surface area (Å²) >= 11 is 0. The standard InChI is InChI=1S/C4H14N4/c1-3(2)4(5)7-8-6/h3-4,7-8H,5-6H2,1-2H3. The van der Waals surface area contributed by atoms with Crippen molar-refractivity contribution in [2.24, 2.45) is 17.5 Å². The Morgan fingerprint density at radius 3 is 2.00 bits per heavy atom. The van der Waals surface area contributed by atoms with Crippen molar-refractivity contribution < 1.29 is 0 Å². The van der Waals surface area contributed by atoms with E-state index in [1.165, 1.54) is 0 Å². The van der Waals surface area contributed by atoms with Gasteiger partial charge in [0, 0.05) is 0 Å². The summed E-state index contributed by atoms with van der Waals surface area (Å²) in [6.45, 7) is 4.02. The van der Waals surface area contributed by atoms with Gasteiger partial charge in [0.1, 0.15) is 0 Å². The smallest absolute Gasteiger partial charge is 0.0715 e. The molecule has 8 heavy (non-hydrogen) atoms. The molecule has 6 N–H and O–H groups in total. The number of hydrogen-bond donors (Lipinski definition) is 4.